The molecule has 1 amide bonds. The number of rotatable bonds is 5. The van der Waals surface area contributed by atoms with Crippen molar-refractivity contribution < 1.29 is 17.6 Å². The summed E-state index contributed by atoms with van der Waals surface area (Å²) in [6, 6.07) is 11.3. The molecular formula is C21H25FN2O3S. The summed E-state index contributed by atoms with van der Waals surface area (Å²) in [5, 5.41) is 2.86. The fourth-order valence-corrected chi connectivity index (χ4v) is 5.18. The van der Waals surface area contributed by atoms with Crippen molar-refractivity contribution in [3.63, 3.8) is 0 Å². The second-order valence-electron chi connectivity index (χ2n) is 7.35. The maximum atomic E-state index is 12.9. The number of halogens is 1. The first kappa shape index (κ1) is 20.5. The SMILES string of the molecule is Cc1cc(C)cc(S(=O)(=O)N2CCC(C(=O)NCc3ccc(F)cc3)CC2)c1. The Hall–Kier alpha value is -2.25. The summed E-state index contributed by atoms with van der Waals surface area (Å²) in [5.74, 6) is -0.619. The van der Waals surface area contributed by atoms with E-state index in [0.29, 0.717) is 37.4 Å². The van der Waals surface area contributed by atoms with E-state index >= 15 is 0 Å². The maximum absolute atomic E-state index is 12.9. The van der Waals surface area contributed by atoms with Crippen LogP contribution >= 0.6 is 0 Å². The van der Waals surface area contributed by atoms with Crippen LogP contribution in [0, 0.1) is 25.6 Å². The molecule has 2 aromatic rings. The Morgan fingerprint density at radius 2 is 1.64 bits per heavy atom. The van der Waals surface area contributed by atoms with Crippen molar-refractivity contribution in [1.82, 2.24) is 9.62 Å². The van der Waals surface area contributed by atoms with E-state index < -0.39 is 10.0 Å². The highest BCUT2D eigenvalue weighted by Gasteiger charge is 2.32. The van der Waals surface area contributed by atoms with Crippen LogP contribution in [-0.4, -0.2) is 31.7 Å². The van der Waals surface area contributed by atoms with Crippen LogP contribution in [0.25, 0.3) is 0 Å². The quantitative estimate of drug-likeness (QED) is 0.833. The van der Waals surface area contributed by atoms with E-state index in [1.54, 1.807) is 24.3 Å². The number of amides is 1. The molecule has 1 N–H and O–H groups in total. The molecule has 150 valence electrons. The van der Waals surface area contributed by atoms with Crippen molar-refractivity contribution in [1.29, 1.82) is 0 Å². The number of hydrogen-bond acceptors (Lipinski definition) is 3. The summed E-state index contributed by atoms with van der Waals surface area (Å²) in [4.78, 5) is 12.7. The van der Waals surface area contributed by atoms with Crippen LogP contribution in [-0.2, 0) is 21.4 Å². The van der Waals surface area contributed by atoms with Gasteiger partial charge in [-0.05, 0) is 67.6 Å². The molecule has 0 atom stereocenters. The Kier molecular flexibility index (Phi) is 6.15. The Balaban J connectivity index is 1.57. The summed E-state index contributed by atoms with van der Waals surface area (Å²) < 4.78 is 40.2. The molecule has 1 heterocycles. The summed E-state index contributed by atoms with van der Waals surface area (Å²) >= 11 is 0. The fourth-order valence-electron chi connectivity index (χ4n) is 3.53. The monoisotopic (exact) mass is 404 g/mol. The third-order valence-corrected chi connectivity index (χ3v) is 6.91. The highest BCUT2D eigenvalue weighted by molar-refractivity contribution is 7.89. The number of benzene rings is 2. The van der Waals surface area contributed by atoms with Crippen molar-refractivity contribution in [3.05, 3.63) is 65.0 Å². The number of carbonyl (C=O) groups excluding carboxylic acids is 1. The van der Waals surface area contributed by atoms with E-state index in [0.717, 1.165) is 16.7 Å². The first-order chi connectivity index (χ1) is 13.3. The predicted octanol–water partition coefficient (Wildman–Crippen LogP) is 3.16. The van der Waals surface area contributed by atoms with Gasteiger partial charge in [0.1, 0.15) is 5.82 Å². The molecule has 0 unspecified atom stereocenters. The van der Waals surface area contributed by atoms with Crippen molar-refractivity contribution in [3.8, 4) is 0 Å². The van der Waals surface area contributed by atoms with Crippen molar-refractivity contribution >= 4 is 15.9 Å². The number of hydrogen-bond donors (Lipinski definition) is 1. The molecular weight excluding hydrogens is 379 g/mol. The Bertz CT molecular complexity index is 930. The molecule has 1 aliphatic heterocycles. The number of carbonyl (C=O) groups is 1. The molecule has 3 rings (SSSR count). The molecule has 1 fully saturated rings. The van der Waals surface area contributed by atoms with Gasteiger partial charge >= 0.3 is 0 Å². The van der Waals surface area contributed by atoms with Gasteiger partial charge in [-0.2, -0.15) is 4.31 Å². The van der Waals surface area contributed by atoms with Crippen LogP contribution in [0.3, 0.4) is 0 Å². The first-order valence-electron chi connectivity index (χ1n) is 9.36. The summed E-state index contributed by atoms with van der Waals surface area (Å²) in [6.45, 7) is 4.74. The fraction of sp³-hybridized carbons (Fsp3) is 0.381. The number of nitrogens with zero attached hydrogens (tertiary/aromatic N) is 1. The summed E-state index contributed by atoms with van der Waals surface area (Å²) in [7, 11) is -3.55. The highest BCUT2D eigenvalue weighted by Crippen LogP contribution is 2.25. The molecule has 28 heavy (non-hydrogen) atoms. The molecule has 0 radical (unpaired) electrons. The normalized spacial score (nSPS) is 16.1. The number of aryl methyl sites for hydroxylation is 2. The van der Waals surface area contributed by atoms with E-state index in [-0.39, 0.29) is 17.6 Å². The lowest BCUT2D eigenvalue weighted by atomic mass is 9.97. The van der Waals surface area contributed by atoms with Crippen molar-refractivity contribution in [2.24, 2.45) is 5.92 Å². The standard InChI is InChI=1S/C21H25FN2O3S/c1-15-11-16(2)13-20(12-15)28(26,27)24-9-7-18(8-10-24)21(25)23-14-17-3-5-19(22)6-4-17/h3-6,11-13,18H,7-10,14H2,1-2H3,(H,23,25). The van der Waals surface area contributed by atoms with E-state index in [1.807, 2.05) is 19.9 Å². The van der Waals surface area contributed by atoms with Gasteiger partial charge in [-0.1, -0.05) is 18.2 Å². The molecule has 1 aliphatic rings. The number of sulfonamides is 1. The first-order valence-corrected chi connectivity index (χ1v) is 10.8. The summed E-state index contributed by atoms with van der Waals surface area (Å²) in [5.41, 5.74) is 2.65. The third-order valence-electron chi connectivity index (χ3n) is 5.04. The molecule has 7 heteroatoms. The lowest BCUT2D eigenvalue weighted by Gasteiger charge is -2.30. The largest absolute Gasteiger partial charge is 0.352 e. The average Bonchev–Trinajstić information content (AvgIpc) is 2.66. The van der Waals surface area contributed by atoms with Crippen LogP contribution in [0.4, 0.5) is 4.39 Å². The van der Waals surface area contributed by atoms with Gasteiger partial charge in [0.2, 0.25) is 15.9 Å². The van der Waals surface area contributed by atoms with E-state index in [9.17, 15) is 17.6 Å². The van der Waals surface area contributed by atoms with E-state index in [1.165, 1.54) is 16.4 Å². The lowest BCUT2D eigenvalue weighted by molar-refractivity contribution is -0.126. The Morgan fingerprint density at radius 1 is 1.07 bits per heavy atom. The highest BCUT2D eigenvalue weighted by atomic mass is 32.2. The lowest BCUT2D eigenvalue weighted by Crippen LogP contribution is -2.42. The molecule has 0 spiro atoms. The van der Waals surface area contributed by atoms with Crippen LogP contribution in [0.5, 0.6) is 0 Å². The minimum absolute atomic E-state index is 0.0900. The van der Waals surface area contributed by atoms with E-state index in [2.05, 4.69) is 5.32 Å². The predicted molar refractivity (Wildman–Crippen MR) is 106 cm³/mol. The minimum Gasteiger partial charge on any atom is -0.352 e. The van der Waals surface area contributed by atoms with E-state index in [4.69, 9.17) is 0 Å². The Morgan fingerprint density at radius 3 is 2.21 bits per heavy atom. The van der Waals surface area contributed by atoms with Gasteiger partial charge in [0.25, 0.3) is 0 Å². The molecule has 1 saturated heterocycles. The third kappa shape index (κ3) is 4.77. The Labute approximate surface area is 165 Å². The number of nitrogens with one attached hydrogen (secondary N) is 1. The number of piperidine rings is 1. The topological polar surface area (TPSA) is 66.5 Å². The van der Waals surface area contributed by atoms with Gasteiger partial charge in [0, 0.05) is 25.6 Å². The second kappa shape index (κ2) is 8.41. The molecule has 0 aromatic heterocycles. The van der Waals surface area contributed by atoms with Gasteiger partial charge in [-0.25, -0.2) is 12.8 Å². The van der Waals surface area contributed by atoms with Crippen LogP contribution < -0.4 is 5.32 Å². The maximum Gasteiger partial charge on any atom is 0.243 e. The van der Waals surface area contributed by atoms with Crippen LogP contribution in [0.1, 0.15) is 29.5 Å². The van der Waals surface area contributed by atoms with Crippen LogP contribution in [0.15, 0.2) is 47.4 Å². The zero-order valence-electron chi connectivity index (χ0n) is 16.1. The molecule has 5 nitrogen and oxygen atoms in total. The van der Waals surface area contributed by atoms with Crippen molar-refractivity contribution in [2.45, 2.75) is 38.1 Å². The molecule has 0 bridgehead atoms. The smallest absolute Gasteiger partial charge is 0.243 e. The summed E-state index contributed by atoms with van der Waals surface area (Å²) in [6.07, 6.45) is 0.971. The second-order valence-corrected chi connectivity index (χ2v) is 9.28. The zero-order chi connectivity index (χ0) is 20.3. The minimum atomic E-state index is -3.55. The average molecular weight is 405 g/mol. The van der Waals surface area contributed by atoms with Crippen LogP contribution in [0.2, 0.25) is 0 Å². The zero-order valence-corrected chi connectivity index (χ0v) is 16.9. The molecule has 2 aromatic carbocycles. The van der Waals surface area contributed by atoms with Gasteiger partial charge in [0.15, 0.2) is 0 Å². The van der Waals surface area contributed by atoms with Gasteiger partial charge < -0.3 is 5.32 Å². The van der Waals surface area contributed by atoms with Gasteiger partial charge in [0.05, 0.1) is 4.90 Å². The van der Waals surface area contributed by atoms with Gasteiger partial charge in [-0.15, -0.1) is 0 Å². The molecule has 0 aliphatic carbocycles. The van der Waals surface area contributed by atoms with Gasteiger partial charge in [-0.3, -0.25) is 4.79 Å². The molecule has 0 saturated carbocycles. The van der Waals surface area contributed by atoms with Crippen molar-refractivity contribution in [2.75, 3.05) is 13.1 Å².